The number of rotatable bonds is 5. The second kappa shape index (κ2) is 7.54. The average Bonchev–Trinajstić information content (AvgIpc) is 3.18. The molecule has 1 saturated heterocycles. The van der Waals surface area contributed by atoms with Gasteiger partial charge in [0.1, 0.15) is 15.8 Å². The summed E-state index contributed by atoms with van der Waals surface area (Å²) >= 11 is 6.41. The Morgan fingerprint density at radius 3 is 2.76 bits per heavy atom. The van der Waals surface area contributed by atoms with Crippen molar-refractivity contribution in [2.75, 3.05) is 11.9 Å². The van der Waals surface area contributed by atoms with E-state index in [0.717, 1.165) is 0 Å². The van der Waals surface area contributed by atoms with E-state index in [-0.39, 0.29) is 30.5 Å². The first-order valence-electron chi connectivity index (χ1n) is 7.41. The van der Waals surface area contributed by atoms with Crippen LogP contribution in [0.3, 0.4) is 0 Å². The number of aromatic hydroxyl groups is 1. The predicted molar refractivity (Wildman–Crippen MR) is 99.9 cm³/mol. The number of hydrogen-bond donors (Lipinski definition) is 2. The van der Waals surface area contributed by atoms with E-state index in [2.05, 4.69) is 5.32 Å². The minimum Gasteiger partial charge on any atom is -0.508 e. The maximum absolute atomic E-state index is 12.4. The molecule has 128 valence electrons. The quantitative estimate of drug-likeness (QED) is 0.475. The van der Waals surface area contributed by atoms with Gasteiger partial charge in [-0.3, -0.25) is 14.5 Å². The van der Waals surface area contributed by atoms with Crippen molar-refractivity contribution in [1.82, 2.24) is 4.90 Å². The molecular weight excluding hydrogens is 360 g/mol. The van der Waals surface area contributed by atoms with E-state index in [1.54, 1.807) is 30.3 Å². The molecular formula is C17H14N2O4S2. The van der Waals surface area contributed by atoms with Crippen molar-refractivity contribution in [3.8, 4) is 5.75 Å². The van der Waals surface area contributed by atoms with Crippen LogP contribution in [-0.2, 0) is 9.59 Å². The largest absolute Gasteiger partial charge is 0.508 e. The summed E-state index contributed by atoms with van der Waals surface area (Å²) in [5.74, 6) is 0.225. The number of benzene rings is 1. The first-order valence-corrected chi connectivity index (χ1v) is 8.63. The lowest BCUT2D eigenvalue weighted by Crippen LogP contribution is -2.31. The Bertz CT molecular complexity index is 829. The van der Waals surface area contributed by atoms with Crippen LogP contribution in [0.2, 0.25) is 0 Å². The van der Waals surface area contributed by atoms with Gasteiger partial charge in [-0.05, 0) is 36.4 Å². The normalized spacial score (nSPS) is 15.8. The molecule has 2 N–H and O–H groups in total. The van der Waals surface area contributed by atoms with Gasteiger partial charge in [0, 0.05) is 24.7 Å². The number of phenols is 1. The molecule has 1 aliphatic rings. The van der Waals surface area contributed by atoms with Crippen LogP contribution < -0.4 is 5.32 Å². The second-order valence-corrected chi connectivity index (χ2v) is 6.87. The Morgan fingerprint density at radius 1 is 1.32 bits per heavy atom. The summed E-state index contributed by atoms with van der Waals surface area (Å²) in [6, 6.07) is 9.64. The van der Waals surface area contributed by atoms with Crippen LogP contribution in [-0.4, -0.2) is 32.7 Å². The summed E-state index contributed by atoms with van der Waals surface area (Å²) in [6.07, 6.45) is 3.28. The molecule has 8 heteroatoms. The van der Waals surface area contributed by atoms with E-state index >= 15 is 0 Å². The number of nitrogens with zero attached hydrogens (tertiary/aromatic N) is 1. The van der Waals surface area contributed by atoms with Crippen molar-refractivity contribution in [2.24, 2.45) is 0 Å². The summed E-state index contributed by atoms with van der Waals surface area (Å²) in [6.45, 7) is 0.198. The molecule has 3 rings (SSSR count). The van der Waals surface area contributed by atoms with Crippen LogP contribution in [0.5, 0.6) is 5.75 Å². The number of thiocarbonyl (C=S) groups is 1. The third-order valence-electron chi connectivity index (χ3n) is 3.40. The SMILES string of the molecule is O=C(CCN1C(=O)/C(=C/c2ccco2)SC1=S)Nc1ccc(O)cc1. The molecule has 2 heterocycles. The molecule has 1 aliphatic heterocycles. The topological polar surface area (TPSA) is 82.8 Å². The smallest absolute Gasteiger partial charge is 0.266 e. The molecule has 1 aromatic carbocycles. The van der Waals surface area contributed by atoms with Crippen molar-refractivity contribution in [3.05, 3.63) is 53.3 Å². The van der Waals surface area contributed by atoms with Crippen molar-refractivity contribution < 1.29 is 19.1 Å². The zero-order valence-electron chi connectivity index (χ0n) is 13.0. The third-order valence-corrected chi connectivity index (χ3v) is 4.78. The maximum Gasteiger partial charge on any atom is 0.266 e. The zero-order chi connectivity index (χ0) is 17.8. The summed E-state index contributed by atoms with van der Waals surface area (Å²) < 4.78 is 5.62. The van der Waals surface area contributed by atoms with Gasteiger partial charge in [-0.2, -0.15) is 0 Å². The highest BCUT2D eigenvalue weighted by atomic mass is 32.2. The van der Waals surface area contributed by atoms with Crippen LogP contribution in [0.15, 0.2) is 52.0 Å². The van der Waals surface area contributed by atoms with Crippen LogP contribution in [0.4, 0.5) is 5.69 Å². The number of carbonyl (C=O) groups is 2. The molecule has 1 aromatic heterocycles. The Kier molecular flexibility index (Phi) is 5.20. The van der Waals surface area contributed by atoms with Crippen molar-refractivity contribution in [1.29, 1.82) is 0 Å². The number of hydrogen-bond acceptors (Lipinski definition) is 6. The predicted octanol–water partition coefficient (Wildman–Crippen LogP) is 3.22. The molecule has 2 aromatic rings. The molecule has 0 spiro atoms. The van der Waals surface area contributed by atoms with Gasteiger partial charge in [-0.15, -0.1) is 0 Å². The van der Waals surface area contributed by atoms with Gasteiger partial charge >= 0.3 is 0 Å². The summed E-state index contributed by atoms with van der Waals surface area (Å²) in [5, 5.41) is 11.9. The lowest BCUT2D eigenvalue weighted by Gasteiger charge is -2.14. The lowest BCUT2D eigenvalue weighted by molar-refractivity contribution is -0.122. The van der Waals surface area contributed by atoms with Crippen LogP contribution in [0.1, 0.15) is 12.2 Å². The monoisotopic (exact) mass is 374 g/mol. The summed E-state index contributed by atoms with van der Waals surface area (Å²) in [5.41, 5.74) is 0.575. The Hall–Kier alpha value is -2.58. The van der Waals surface area contributed by atoms with Crippen molar-refractivity contribution in [3.63, 3.8) is 0 Å². The maximum atomic E-state index is 12.4. The number of phenolic OH excluding ortho intramolecular Hbond substituents is 1. The van der Waals surface area contributed by atoms with Gasteiger partial charge in [0.05, 0.1) is 11.2 Å². The standard InChI is InChI=1S/C17H14N2O4S2/c20-12-5-3-11(4-6-12)18-15(21)7-8-19-16(22)14(25-17(19)24)10-13-2-1-9-23-13/h1-6,9-10,20H,7-8H2,(H,18,21)/b14-10-. The minimum absolute atomic E-state index is 0.112. The average molecular weight is 374 g/mol. The third kappa shape index (κ3) is 4.28. The van der Waals surface area contributed by atoms with E-state index in [9.17, 15) is 14.7 Å². The number of furan rings is 1. The Morgan fingerprint density at radius 2 is 2.08 bits per heavy atom. The van der Waals surface area contributed by atoms with E-state index in [1.807, 2.05) is 0 Å². The molecule has 0 saturated carbocycles. The minimum atomic E-state index is -0.241. The van der Waals surface area contributed by atoms with Crippen LogP contribution in [0.25, 0.3) is 6.08 Å². The molecule has 0 atom stereocenters. The first kappa shape index (κ1) is 17.2. The number of nitrogens with one attached hydrogen (secondary N) is 1. The van der Waals surface area contributed by atoms with Gasteiger partial charge in [0.25, 0.3) is 5.91 Å². The highest BCUT2D eigenvalue weighted by Crippen LogP contribution is 2.32. The number of amides is 2. The fraction of sp³-hybridized carbons (Fsp3) is 0.118. The van der Waals surface area contributed by atoms with Crippen molar-refractivity contribution >= 4 is 51.9 Å². The highest BCUT2D eigenvalue weighted by Gasteiger charge is 2.32. The van der Waals surface area contributed by atoms with E-state index in [0.29, 0.717) is 20.7 Å². The highest BCUT2D eigenvalue weighted by molar-refractivity contribution is 8.26. The van der Waals surface area contributed by atoms with E-state index < -0.39 is 0 Å². The number of carbonyl (C=O) groups excluding carboxylic acids is 2. The number of anilines is 1. The Balaban J connectivity index is 1.57. The summed E-state index contributed by atoms with van der Waals surface area (Å²) in [7, 11) is 0. The van der Waals surface area contributed by atoms with Gasteiger partial charge in [-0.1, -0.05) is 24.0 Å². The molecule has 2 amide bonds. The molecule has 0 unspecified atom stereocenters. The second-order valence-electron chi connectivity index (χ2n) is 5.19. The molecule has 1 fully saturated rings. The van der Waals surface area contributed by atoms with E-state index in [1.165, 1.54) is 35.1 Å². The van der Waals surface area contributed by atoms with E-state index in [4.69, 9.17) is 16.6 Å². The van der Waals surface area contributed by atoms with Gasteiger partial charge < -0.3 is 14.8 Å². The first-order chi connectivity index (χ1) is 12.0. The molecule has 6 nitrogen and oxygen atoms in total. The fourth-order valence-corrected chi connectivity index (χ4v) is 3.47. The lowest BCUT2D eigenvalue weighted by atomic mass is 10.3. The van der Waals surface area contributed by atoms with Crippen LogP contribution >= 0.6 is 24.0 Å². The van der Waals surface area contributed by atoms with Gasteiger partial charge in [-0.25, -0.2) is 0 Å². The molecule has 0 aliphatic carbocycles. The Labute approximate surface area is 153 Å². The van der Waals surface area contributed by atoms with Gasteiger partial charge in [0.15, 0.2) is 0 Å². The molecule has 25 heavy (non-hydrogen) atoms. The van der Waals surface area contributed by atoms with Gasteiger partial charge in [0.2, 0.25) is 5.91 Å². The molecule has 0 bridgehead atoms. The molecule has 0 radical (unpaired) electrons. The van der Waals surface area contributed by atoms with Crippen LogP contribution in [0, 0.1) is 0 Å². The zero-order valence-corrected chi connectivity index (χ0v) is 14.6. The van der Waals surface area contributed by atoms with Crippen molar-refractivity contribution in [2.45, 2.75) is 6.42 Å². The fourth-order valence-electron chi connectivity index (χ4n) is 2.18. The summed E-state index contributed by atoms with van der Waals surface area (Å²) in [4.78, 5) is 26.3. The number of thioether (sulfide) groups is 1.